The topological polar surface area (TPSA) is 58.1 Å². The van der Waals surface area contributed by atoms with Crippen molar-refractivity contribution >= 4 is 47.0 Å². The number of anilines is 1. The molecule has 1 aromatic heterocycles. The highest BCUT2D eigenvalue weighted by Crippen LogP contribution is 2.32. The van der Waals surface area contributed by atoms with Crippen LogP contribution in [0.1, 0.15) is 37.0 Å². The van der Waals surface area contributed by atoms with Crippen molar-refractivity contribution in [1.82, 2.24) is 10.2 Å². The number of ether oxygens (including phenoxy) is 2. The summed E-state index contributed by atoms with van der Waals surface area (Å²) < 4.78 is 11.6. The zero-order chi connectivity index (χ0) is 21.1. The van der Waals surface area contributed by atoms with E-state index in [1.54, 1.807) is 11.3 Å². The van der Waals surface area contributed by atoms with Gasteiger partial charge in [-0.3, -0.25) is 4.99 Å². The van der Waals surface area contributed by atoms with E-state index in [-0.39, 0.29) is 24.0 Å². The number of fused-ring (bicyclic) bond motifs is 1. The van der Waals surface area contributed by atoms with Gasteiger partial charge in [-0.05, 0) is 75.3 Å². The first-order valence-electron chi connectivity index (χ1n) is 11.6. The molecule has 6 nitrogen and oxygen atoms in total. The molecule has 0 bridgehead atoms. The van der Waals surface area contributed by atoms with Gasteiger partial charge in [0.05, 0.1) is 13.2 Å². The van der Waals surface area contributed by atoms with Crippen LogP contribution in [0.5, 0.6) is 11.5 Å². The number of likely N-dealkylation sites (tertiary alicyclic amines) is 1. The fourth-order valence-electron chi connectivity index (χ4n) is 3.92. The molecule has 1 fully saturated rings. The molecule has 8 heteroatoms. The maximum Gasteiger partial charge on any atom is 0.195 e. The van der Waals surface area contributed by atoms with Crippen molar-refractivity contribution in [3.05, 3.63) is 40.6 Å². The van der Waals surface area contributed by atoms with Crippen LogP contribution in [-0.2, 0) is 6.42 Å². The maximum atomic E-state index is 5.83. The number of thiophene rings is 1. The Morgan fingerprint density at radius 2 is 1.88 bits per heavy atom. The van der Waals surface area contributed by atoms with Gasteiger partial charge < -0.3 is 25.0 Å². The minimum absolute atomic E-state index is 0. The van der Waals surface area contributed by atoms with Crippen LogP contribution in [0.15, 0.2) is 40.7 Å². The smallest absolute Gasteiger partial charge is 0.195 e. The molecule has 2 aliphatic heterocycles. The zero-order valence-corrected chi connectivity index (χ0v) is 21.8. The van der Waals surface area contributed by atoms with Crippen molar-refractivity contribution in [2.45, 2.75) is 38.5 Å². The predicted octanol–water partition coefficient (Wildman–Crippen LogP) is 5.00. The van der Waals surface area contributed by atoms with Crippen LogP contribution in [0.3, 0.4) is 0 Å². The van der Waals surface area contributed by atoms with Crippen LogP contribution in [0, 0.1) is 0 Å². The third-order valence-electron chi connectivity index (χ3n) is 5.61. The Morgan fingerprint density at radius 1 is 1.03 bits per heavy atom. The summed E-state index contributed by atoms with van der Waals surface area (Å²) in [6, 6.07) is 10.3. The molecule has 0 amide bonds. The third-order valence-corrected chi connectivity index (χ3v) is 6.54. The van der Waals surface area contributed by atoms with E-state index in [0.29, 0.717) is 13.2 Å². The molecule has 0 aliphatic carbocycles. The summed E-state index contributed by atoms with van der Waals surface area (Å²) in [5, 5.41) is 9.08. The van der Waals surface area contributed by atoms with Gasteiger partial charge in [-0.1, -0.05) is 6.07 Å². The summed E-state index contributed by atoms with van der Waals surface area (Å²) in [6.45, 7) is 6.81. The summed E-state index contributed by atoms with van der Waals surface area (Å²) in [5.41, 5.74) is 0.962. The summed E-state index contributed by atoms with van der Waals surface area (Å²) in [7, 11) is 0. The number of nitrogens with zero attached hydrogens (tertiary/aromatic N) is 2. The zero-order valence-electron chi connectivity index (χ0n) is 18.7. The van der Waals surface area contributed by atoms with Gasteiger partial charge in [-0.25, -0.2) is 0 Å². The van der Waals surface area contributed by atoms with E-state index in [2.05, 4.69) is 33.0 Å². The van der Waals surface area contributed by atoms with E-state index in [1.807, 2.05) is 18.2 Å². The van der Waals surface area contributed by atoms with Crippen LogP contribution in [0.25, 0.3) is 0 Å². The van der Waals surface area contributed by atoms with E-state index in [4.69, 9.17) is 14.5 Å². The van der Waals surface area contributed by atoms with Gasteiger partial charge in [0.25, 0.3) is 0 Å². The molecule has 0 atom stereocenters. The molecule has 0 unspecified atom stereocenters. The average molecular weight is 571 g/mol. The largest absolute Gasteiger partial charge is 0.490 e. The lowest BCUT2D eigenvalue weighted by molar-refractivity contribution is 0.297. The average Bonchev–Trinajstić information content (AvgIpc) is 3.44. The van der Waals surface area contributed by atoms with Crippen LogP contribution >= 0.6 is 35.3 Å². The number of benzene rings is 1. The number of hydrogen-bond acceptors (Lipinski definition) is 5. The lowest BCUT2D eigenvalue weighted by Gasteiger charge is -2.15. The highest BCUT2D eigenvalue weighted by molar-refractivity contribution is 14.0. The van der Waals surface area contributed by atoms with Gasteiger partial charge in [0.1, 0.15) is 0 Å². The highest BCUT2D eigenvalue weighted by Gasteiger charge is 2.12. The van der Waals surface area contributed by atoms with Gasteiger partial charge in [-0.15, -0.1) is 35.3 Å². The number of rotatable bonds is 9. The molecular weight excluding hydrogens is 535 g/mol. The Bertz CT molecular complexity index is 825. The summed E-state index contributed by atoms with van der Waals surface area (Å²) in [4.78, 5) is 8.79. The molecule has 1 saturated heterocycles. The number of hydrogen-bond donors (Lipinski definition) is 2. The Kier molecular flexibility index (Phi) is 10.9. The lowest BCUT2D eigenvalue weighted by Crippen LogP contribution is -2.32. The molecule has 0 saturated carbocycles. The number of halogens is 1. The molecule has 1 aromatic carbocycles. The highest BCUT2D eigenvalue weighted by atomic mass is 127. The minimum Gasteiger partial charge on any atom is -0.490 e. The van der Waals surface area contributed by atoms with Crippen LogP contribution < -0.4 is 20.1 Å². The molecule has 2 aliphatic rings. The second kappa shape index (κ2) is 13.9. The van der Waals surface area contributed by atoms with Gasteiger partial charge in [-0.2, -0.15) is 0 Å². The van der Waals surface area contributed by atoms with E-state index in [0.717, 1.165) is 55.5 Å². The second-order valence-electron chi connectivity index (χ2n) is 8.08. The minimum atomic E-state index is 0. The monoisotopic (exact) mass is 570 g/mol. The van der Waals surface area contributed by atoms with Crippen LogP contribution in [0.4, 0.5) is 5.69 Å². The third kappa shape index (κ3) is 8.12. The van der Waals surface area contributed by atoms with Crippen molar-refractivity contribution in [2.24, 2.45) is 4.99 Å². The summed E-state index contributed by atoms with van der Waals surface area (Å²) in [5.74, 6) is 2.44. The normalized spacial score (nSPS) is 16.3. The second-order valence-corrected chi connectivity index (χ2v) is 9.11. The molecule has 176 valence electrons. The molecule has 2 aromatic rings. The first-order chi connectivity index (χ1) is 15.4. The van der Waals surface area contributed by atoms with Crippen LogP contribution in [0.2, 0.25) is 0 Å². The molecule has 0 spiro atoms. The Labute approximate surface area is 212 Å². The van der Waals surface area contributed by atoms with Crippen molar-refractivity contribution in [3.63, 3.8) is 0 Å². The first kappa shape index (κ1) is 25.1. The fourth-order valence-corrected chi connectivity index (χ4v) is 4.63. The predicted molar refractivity (Wildman–Crippen MR) is 144 cm³/mol. The fraction of sp³-hybridized carbons (Fsp3) is 0.542. The number of unbranched alkanes of at least 4 members (excludes halogenated alkanes) is 1. The Hall–Kier alpha value is -1.52. The molecule has 0 radical (unpaired) electrons. The van der Waals surface area contributed by atoms with Crippen molar-refractivity contribution in [3.8, 4) is 11.5 Å². The van der Waals surface area contributed by atoms with Crippen molar-refractivity contribution in [1.29, 1.82) is 0 Å². The quantitative estimate of drug-likeness (QED) is 0.192. The van der Waals surface area contributed by atoms with Crippen molar-refractivity contribution in [2.75, 3.05) is 51.3 Å². The molecule has 4 rings (SSSR count). The van der Waals surface area contributed by atoms with Gasteiger partial charge in [0, 0.05) is 36.1 Å². The van der Waals surface area contributed by atoms with Crippen LogP contribution in [-0.4, -0.2) is 56.8 Å². The van der Waals surface area contributed by atoms with E-state index >= 15 is 0 Å². The number of nitrogens with one attached hydrogen (secondary N) is 2. The van der Waals surface area contributed by atoms with E-state index in [1.165, 1.54) is 43.8 Å². The van der Waals surface area contributed by atoms with Gasteiger partial charge in [0.15, 0.2) is 17.5 Å². The molecule has 2 N–H and O–H groups in total. The van der Waals surface area contributed by atoms with E-state index < -0.39 is 0 Å². The first-order valence-corrected chi connectivity index (χ1v) is 12.4. The molecule has 3 heterocycles. The standard InChI is InChI=1S/C24H34N4O2S.HI/c1(2-13-28-14-3-4-15-28)11-25-24(26-12-10-21-7-5-18-31-21)27-20-8-9-22-23(19-20)30-17-6-16-29-22;/h5,7-9,18-19H,1-4,6,10-17H2,(H2,25,26,27);1H. The van der Waals surface area contributed by atoms with E-state index in [9.17, 15) is 0 Å². The van der Waals surface area contributed by atoms with Gasteiger partial charge in [0.2, 0.25) is 0 Å². The SMILES string of the molecule is I.c1csc(CCNC(=NCCCCN2CCCC2)Nc2ccc3c(c2)OCCCO3)c1. The Balaban J connectivity index is 0.00000289. The summed E-state index contributed by atoms with van der Waals surface area (Å²) >= 11 is 1.80. The summed E-state index contributed by atoms with van der Waals surface area (Å²) in [6.07, 6.45) is 6.93. The molecule has 32 heavy (non-hydrogen) atoms. The van der Waals surface area contributed by atoms with Gasteiger partial charge >= 0.3 is 0 Å². The Morgan fingerprint density at radius 3 is 2.69 bits per heavy atom. The lowest BCUT2D eigenvalue weighted by atomic mass is 10.2. The van der Waals surface area contributed by atoms with Crippen molar-refractivity contribution < 1.29 is 9.47 Å². The number of aliphatic imine (C=N–C) groups is 1. The number of guanidine groups is 1. The maximum absolute atomic E-state index is 5.83. The molecular formula is C24H35IN4O2S.